The molecule has 5 heteroatoms. The Labute approximate surface area is 105 Å². The first-order valence-electron chi connectivity index (χ1n) is 5.36. The van der Waals surface area contributed by atoms with Crippen LogP contribution in [0.5, 0.6) is 11.5 Å². The minimum Gasteiger partial charge on any atom is -0.504 e. The molecule has 17 heavy (non-hydrogen) atoms. The number of benzene rings is 1. The molecule has 1 aromatic rings. The van der Waals surface area contributed by atoms with Crippen molar-refractivity contribution in [1.82, 2.24) is 4.90 Å². The van der Waals surface area contributed by atoms with Crippen LogP contribution in [0, 0.1) is 0 Å². The lowest BCUT2D eigenvalue weighted by atomic mass is 10.1. The molecule has 0 aromatic heterocycles. The molecule has 1 aromatic carbocycles. The second-order valence-corrected chi connectivity index (χ2v) is 4.36. The first-order chi connectivity index (χ1) is 7.97. The summed E-state index contributed by atoms with van der Waals surface area (Å²) in [6.07, 6.45) is 0. The van der Waals surface area contributed by atoms with Crippen LogP contribution in [0.3, 0.4) is 0 Å². The van der Waals surface area contributed by atoms with Crippen LogP contribution in [0.4, 0.5) is 0 Å². The van der Waals surface area contributed by atoms with E-state index in [9.17, 15) is 15.0 Å². The van der Waals surface area contributed by atoms with Crippen molar-refractivity contribution in [3.63, 3.8) is 0 Å². The predicted molar refractivity (Wildman–Crippen MR) is 66.7 cm³/mol. The summed E-state index contributed by atoms with van der Waals surface area (Å²) in [5.41, 5.74) is 0.333. The van der Waals surface area contributed by atoms with Gasteiger partial charge in [0.25, 0.3) is 5.91 Å². The quantitative estimate of drug-likeness (QED) is 0.642. The van der Waals surface area contributed by atoms with E-state index in [2.05, 4.69) is 0 Å². The maximum absolute atomic E-state index is 12.1. The second-order valence-electron chi connectivity index (χ2n) is 3.98. The third-order valence-electron chi connectivity index (χ3n) is 2.43. The van der Waals surface area contributed by atoms with Gasteiger partial charge in [-0.15, -0.1) is 11.6 Å². The van der Waals surface area contributed by atoms with Crippen molar-refractivity contribution < 1.29 is 15.0 Å². The second kappa shape index (κ2) is 5.77. The van der Waals surface area contributed by atoms with Crippen molar-refractivity contribution in [3.05, 3.63) is 23.8 Å². The Kier molecular flexibility index (Phi) is 4.63. The van der Waals surface area contributed by atoms with Crippen LogP contribution in [-0.4, -0.2) is 39.5 Å². The van der Waals surface area contributed by atoms with Gasteiger partial charge in [-0.1, -0.05) is 0 Å². The zero-order valence-corrected chi connectivity index (χ0v) is 10.6. The molecule has 2 N–H and O–H groups in total. The van der Waals surface area contributed by atoms with Gasteiger partial charge >= 0.3 is 0 Å². The molecular formula is C12H16ClNO3. The molecule has 0 fully saturated rings. The lowest BCUT2D eigenvalue weighted by Gasteiger charge is -2.26. The van der Waals surface area contributed by atoms with Crippen LogP contribution in [0.25, 0.3) is 0 Å². The van der Waals surface area contributed by atoms with Gasteiger partial charge in [-0.25, -0.2) is 0 Å². The number of amides is 1. The summed E-state index contributed by atoms with van der Waals surface area (Å²) in [6.45, 7) is 4.23. The van der Waals surface area contributed by atoms with E-state index in [1.807, 2.05) is 13.8 Å². The fraction of sp³-hybridized carbons (Fsp3) is 0.417. The fourth-order valence-electron chi connectivity index (χ4n) is 1.51. The number of carbonyl (C=O) groups excluding carboxylic acids is 1. The Hall–Kier alpha value is -1.42. The molecule has 1 rings (SSSR count). The lowest BCUT2D eigenvalue weighted by molar-refractivity contribution is 0.0718. The number of alkyl halides is 1. The van der Waals surface area contributed by atoms with Crippen molar-refractivity contribution in [2.75, 3.05) is 12.4 Å². The molecule has 0 aliphatic carbocycles. The van der Waals surface area contributed by atoms with E-state index in [1.165, 1.54) is 18.2 Å². The van der Waals surface area contributed by atoms with Crippen LogP contribution >= 0.6 is 11.6 Å². The van der Waals surface area contributed by atoms with E-state index in [-0.39, 0.29) is 23.4 Å². The molecule has 4 nitrogen and oxygen atoms in total. The molecule has 0 aliphatic rings. The summed E-state index contributed by atoms with van der Waals surface area (Å²) in [5, 5.41) is 18.5. The molecule has 0 bridgehead atoms. The summed E-state index contributed by atoms with van der Waals surface area (Å²) in [5.74, 6) is -0.398. The zero-order chi connectivity index (χ0) is 13.0. The molecule has 0 atom stereocenters. The largest absolute Gasteiger partial charge is 0.504 e. The monoisotopic (exact) mass is 257 g/mol. The van der Waals surface area contributed by atoms with Crippen molar-refractivity contribution >= 4 is 17.5 Å². The van der Waals surface area contributed by atoms with Crippen LogP contribution in [0.1, 0.15) is 24.2 Å². The number of aromatic hydroxyl groups is 2. The molecule has 1 amide bonds. The number of phenolic OH excluding ortho intramolecular Hbond substituents is 2. The molecule has 0 unspecified atom stereocenters. The summed E-state index contributed by atoms with van der Waals surface area (Å²) in [6, 6.07) is 4.04. The van der Waals surface area contributed by atoms with Crippen molar-refractivity contribution in [2.45, 2.75) is 19.9 Å². The number of carbonyl (C=O) groups is 1. The highest BCUT2D eigenvalue weighted by Gasteiger charge is 2.19. The average molecular weight is 258 g/mol. The number of nitrogens with zero attached hydrogens (tertiary/aromatic N) is 1. The van der Waals surface area contributed by atoms with Gasteiger partial charge in [-0.3, -0.25) is 4.79 Å². The number of hydrogen-bond donors (Lipinski definition) is 2. The number of phenols is 2. The molecule has 0 radical (unpaired) electrons. The summed E-state index contributed by atoms with van der Waals surface area (Å²) in [4.78, 5) is 13.7. The van der Waals surface area contributed by atoms with Gasteiger partial charge in [-0.2, -0.15) is 0 Å². The van der Waals surface area contributed by atoms with Gasteiger partial charge in [0, 0.05) is 24.0 Å². The normalized spacial score (nSPS) is 10.6. The SMILES string of the molecule is CC(C)N(CCCl)C(=O)c1ccc(O)c(O)c1. The number of rotatable bonds is 4. The Morgan fingerprint density at radius 1 is 1.35 bits per heavy atom. The van der Waals surface area contributed by atoms with Crippen LogP contribution in [0.2, 0.25) is 0 Å². The maximum atomic E-state index is 12.1. The summed E-state index contributed by atoms with van der Waals surface area (Å²) < 4.78 is 0. The molecule has 0 heterocycles. The van der Waals surface area contributed by atoms with Crippen molar-refractivity contribution in [3.8, 4) is 11.5 Å². The van der Waals surface area contributed by atoms with Crippen LogP contribution in [0.15, 0.2) is 18.2 Å². The average Bonchev–Trinajstić information content (AvgIpc) is 2.28. The Morgan fingerprint density at radius 2 is 2.00 bits per heavy atom. The Bertz CT molecular complexity index is 407. The van der Waals surface area contributed by atoms with Gasteiger partial charge in [0.05, 0.1) is 0 Å². The third kappa shape index (κ3) is 3.27. The van der Waals surface area contributed by atoms with Gasteiger partial charge in [0.1, 0.15) is 0 Å². The van der Waals surface area contributed by atoms with Crippen molar-refractivity contribution in [2.24, 2.45) is 0 Å². The molecule has 0 aliphatic heterocycles. The van der Waals surface area contributed by atoms with Gasteiger partial charge < -0.3 is 15.1 Å². The molecule has 0 spiro atoms. The molecule has 0 saturated carbocycles. The maximum Gasteiger partial charge on any atom is 0.254 e. The van der Waals surface area contributed by atoms with Gasteiger partial charge in [-0.05, 0) is 32.0 Å². The summed E-state index contributed by atoms with van der Waals surface area (Å²) in [7, 11) is 0. The Balaban J connectivity index is 2.97. The number of halogens is 1. The van der Waals surface area contributed by atoms with E-state index < -0.39 is 0 Å². The minimum absolute atomic E-state index is 0.0252. The van der Waals surface area contributed by atoms with E-state index in [0.29, 0.717) is 18.0 Å². The highest BCUT2D eigenvalue weighted by Crippen LogP contribution is 2.25. The van der Waals surface area contributed by atoms with E-state index in [4.69, 9.17) is 11.6 Å². The van der Waals surface area contributed by atoms with Crippen molar-refractivity contribution in [1.29, 1.82) is 0 Å². The van der Waals surface area contributed by atoms with Crippen LogP contribution in [-0.2, 0) is 0 Å². The fourth-order valence-corrected chi connectivity index (χ4v) is 1.69. The third-order valence-corrected chi connectivity index (χ3v) is 2.60. The summed E-state index contributed by atoms with van der Waals surface area (Å²) >= 11 is 5.65. The van der Waals surface area contributed by atoms with E-state index in [0.717, 1.165) is 0 Å². The van der Waals surface area contributed by atoms with Gasteiger partial charge in [0.2, 0.25) is 0 Å². The van der Waals surface area contributed by atoms with Gasteiger partial charge in [0.15, 0.2) is 11.5 Å². The standard InChI is InChI=1S/C12H16ClNO3/c1-8(2)14(6-5-13)12(17)9-3-4-10(15)11(16)7-9/h3-4,7-8,15-16H,5-6H2,1-2H3. The topological polar surface area (TPSA) is 60.8 Å². The first-order valence-corrected chi connectivity index (χ1v) is 5.89. The first kappa shape index (κ1) is 13.6. The smallest absolute Gasteiger partial charge is 0.254 e. The molecular weight excluding hydrogens is 242 g/mol. The number of hydrogen-bond acceptors (Lipinski definition) is 3. The van der Waals surface area contributed by atoms with E-state index >= 15 is 0 Å². The van der Waals surface area contributed by atoms with E-state index in [1.54, 1.807) is 4.90 Å². The lowest BCUT2D eigenvalue weighted by Crippen LogP contribution is -2.38. The predicted octanol–water partition coefficient (Wildman–Crippen LogP) is 2.19. The van der Waals surface area contributed by atoms with Crippen LogP contribution < -0.4 is 0 Å². The molecule has 0 saturated heterocycles. The minimum atomic E-state index is -0.301. The Morgan fingerprint density at radius 3 is 2.47 bits per heavy atom. The molecule has 94 valence electrons. The highest BCUT2D eigenvalue weighted by molar-refractivity contribution is 6.18. The highest BCUT2D eigenvalue weighted by atomic mass is 35.5. The zero-order valence-electron chi connectivity index (χ0n) is 9.85.